The number of nitrogens with zero attached hydrogens (tertiary/aromatic N) is 1. The highest BCUT2D eigenvalue weighted by molar-refractivity contribution is 5.89. The third-order valence-corrected chi connectivity index (χ3v) is 5.95. The second kappa shape index (κ2) is 8.19. The summed E-state index contributed by atoms with van der Waals surface area (Å²) in [6, 6.07) is 6.53. The van der Waals surface area contributed by atoms with Crippen LogP contribution in [0.25, 0.3) is 0 Å². The Hall–Kier alpha value is -1.91. The number of hydrogen-bond acceptors (Lipinski definition) is 2. The molecule has 3 rings (SSSR count). The highest BCUT2D eigenvalue weighted by Gasteiger charge is 2.45. The predicted molar refractivity (Wildman–Crippen MR) is 99.2 cm³/mol. The average molecular weight is 360 g/mol. The standard InChI is InChI=1S/C21H29FN2O2/c1-2-12-23-19(25)16-8-13-24(14-9-16)20(26)21(10-3-4-11-21)17-6-5-7-18(22)15-17/h5-7,15-16H,2-4,8-14H2,1H3,(H,23,25). The zero-order chi connectivity index (χ0) is 18.6. The number of nitrogens with one attached hydrogen (secondary N) is 1. The fourth-order valence-electron chi connectivity index (χ4n) is 4.43. The van der Waals surface area contributed by atoms with Gasteiger partial charge in [0, 0.05) is 25.6 Å². The maximum absolute atomic E-state index is 13.8. The van der Waals surface area contributed by atoms with Gasteiger partial charge in [-0.2, -0.15) is 0 Å². The molecule has 1 N–H and O–H groups in total. The quantitative estimate of drug-likeness (QED) is 0.875. The maximum atomic E-state index is 13.8. The van der Waals surface area contributed by atoms with Gasteiger partial charge in [-0.1, -0.05) is 31.9 Å². The van der Waals surface area contributed by atoms with Crippen molar-refractivity contribution in [2.24, 2.45) is 5.92 Å². The van der Waals surface area contributed by atoms with Crippen LogP contribution in [-0.2, 0) is 15.0 Å². The van der Waals surface area contributed by atoms with Crippen molar-refractivity contribution in [1.29, 1.82) is 0 Å². The van der Waals surface area contributed by atoms with Crippen LogP contribution in [-0.4, -0.2) is 36.3 Å². The molecule has 26 heavy (non-hydrogen) atoms. The Labute approximate surface area is 155 Å². The van der Waals surface area contributed by atoms with Crippen LogP contribution in [0.4, 0.5) is 4.39 Å². The van der Waals surface area contributed by atoms with Gasteiger partial charge in [0.25, 0.3) is 0 Å². The van der Waals surface area contributed by atoms with E-state index >= 15 is 0 Å². The highest BCUT2D eigenvalue weighted by Crippen LogP contribution is 2.43. The van der Waals surface area contributed by atoms with Crippen molar-refractivity contribution in [1.82, 2.24) is 10.2 Å². The Kier molecular flexibility index (Phi) is 5.94. The molecule has 0 spiro atoms. The van der Waals surface area contributed by atoms with Crippen LogP contribution in [0.1, 0.15) is 57.4 Å². The molecule has 0 bridgehead atoms. The van der Waals surface area contributed by atoms with Crippen LogP contribution < -0.4 is 5.32 Å². The summed E-state index contributed by atoms with van der Waals surface area (Å²) in [5.41, 5.74) is 0.224. The first-order chi connectivity index (χ1) is 12.6. The molecule has 1 aromatic rings. The summed E-state index contributed by atoms with van der Waals surface area (Å²) < 4.78 is 13.8. The van der Waals surface area contributed by atoms with Gasteiger partial charge in [-0.25, -0.2) is 4.39 Å². The Morgan fingerprint density at radius 1 is 1.23 bits per heavy atom. The van der Waals surface area contributed by atoms with Gasteiger partial charge >= 0.3 is 0 Å². The van der Waals surface area contributed by atoms with Crippen LogP contribution in [0.3, 0.4) is 0 Å². The van der Waals surface area contributed by atoms with Gasteiger partial charge in [0.2, 0.25) is 11.8 Å². The van der Waals surface area contributed by atoms with E-state index in [4.69, 9.17) is 0 Å². The Morgan fingerprint density at radius 3 is 2.54 bits per heavy atom. The number of rotatable bonds is 5. The van der Waals surface area contributed by atoms with Gasteiger partial charge in [-0.3, -0.25) is 9.59 Å². The van der Waals surface area contributed by atoms with Crippen molar-refractivity contribution in [3.63, 3.8) is 0 Å². The molecular formula is C21H29FN2O2. The molecule has 0 radical (unpaired) electrons. The van der Waals surface area contributed by atoms with Crippen molar-refractivity contribution < 1.29 is 14.0 Å². The number of carbonyl (C=O) groups is 2. The zero-order valence-electron chi connectivity index (χ0n) is 15.6. The molecule has 1 saturated heterocycles. The summed E-state index contributed by atoms with van der Waals surface area (Å²) in [4.78, 5) is 27.4. The lowest BCUT2D eigenvalue weighted by Gasteiger charge is -2.38. The van der Waals surface area contributed by atoms with Crippen molar-refractivity contribution in [3.05, 3.63) is 35.6 Å². The number of likely N-dealkylation sites (tertiary alicyclic amines) is 1. The molecule has 2 fully saturated rings. The molecular weight excluding hydrogens is 331 g/mol. The molecule has 1 saturated carbocycles. The first kappa shape index (κ1) is 18.9. The molecule has 0 unspecified atom stereocenters. The Bertz CT molecular complexity index is 647. The monoisotopic (exact) mass is 360 g/mol. The molecule has 1 aromatic carbocycles. The fraction of sp³-hybridized carbons (Fsp3) is 0.619. The average Bonchev–Trinajstić information content (AvgIpc) is 3.17. The number of piperidine rings is 1. The molecule has 5 heteroatoms. The predicted octanol–water partition coefficient (Wildman–Crippen LogP) is 3.40. The van der Waals surface area contributed by atoms with E-state index in [9.17, 15) is 14.0 Å². The Balaban J connectivity index is 1.69. The van der Waals surface area contributed by atoms with Gasteiger partial charge in [-0.15, -0.1) is 0 Å². The third kappa shape index (κ3) is 3.76. The van der Waals surface area contributed by atoms with Crippen molar-refractivity contribution in [2.75, 3.05) is 19.6 Å². The lowest BCUT2D eigenvalue weighted by molar-refractivity contribution is -0.140. The van der Waals surface area contributed by atoms with E-state index in [2.05, 4.69) is 5.32 Å². The SMILES string of the molecule is CCCNC(=O)C1CCN(C(=O)C2(c3cccc(F)c3)CCCC2)CC1. The van der Waals surface area contributed by atoms with Crippen LogP contribution in [0.5, 0.6) is 0 Å². The first-order valence-corrected chi connectivity index (χ1v) is 9.90. The van der Waals surface area contributed by atoms with Gasteiger partial charge < -0.3 is 10.2 Å². The topological polar surface area (TPSA) is 49.4 Å². The maximum Gasteiger partial charge on any atom is 0.233 e. The second-order valence-corrected chi connectivity index (χ2v) is 7.66. The number of halogens is 1. The summed E-state index contributed by atoms with van der Waals surface area (Å²) >= 11 is 0. The van der Waals surface area contributed by atoms with Gasteiger partial charge in [-0.05, 0) is 49.8 Å². The molecule has 0 atom stereocenters. The summed E-state index contributed by atoms with van der Waals surface area (Å²) in [5.74, 6) is -0.0557. The lowest BCUT2D eigenvalue weighted by atomic mass is 9.77. The normalized spacial score (nSPS) is 20.2. The highest BCUT2D eigenvalue weighted by atomic mass is 19.1. The molecule has 2 amide bonds. The summed E-state index contributed by atoms with van der Waals surface area (Å²) in [5, 5.41) is 2.96. The minimum absolute atomic E-state index is 0.000650. The van der Waals surface area contributed by atoms with Crippen LogP contribution in [0.2, 0.25) is 0 Å². The molecule has 1 heterocycles. The van der Waals surface area contributed by atoms with Crippen LogP contribution >= 0.6 is 0 Å². The molecule has 2 aliphatic rings. The molecule has 1 aliphatic heterocycles. The van der Waals surface area contributed by atoms with Gasteiger partial charge in [0.15, 0.2) is 0 Å². The minimum Gasteiger partial charge on any atom is -0.356 e. The number of amides is 2. The van der Waals surface area contributed by atoms with Gasteiger partial charge in [0.1, 0.15) is 5.82 Å². The second-order valence-electron chi connectivity index (χ2n) is 7.66. The lowest BCUT2D eigenvalue weighted by Crippen LogP contribution is -2.50. The van der Waals surface area contributed by atoms with E-state index in [1.54, 1.807) is 6.07 Å². The minimum atomic E-state index is -0.584. The number of hydrogen-bond donors (Lipinski definition) is 1. The van der Waals surface area contributed by atoms with Crippen LogP contribution in [0, 0.1) is 11.7 Å². The molecule has 142 valence electrons. The summed E-state index contributed by atoms with van der Waals surface area (Å²) in [7, 11) is 0. The molecule has 1 aliphatic carbocycles. The number of carbonyl (C=O) groups excluding carboxylic acids is 2. The summed E-state index contributed by atoms with van der Waals surface area (Å²) in [6.07, 6.45) is 5.91. The molecule has 0 aromatic heterocycles. The van der Waals surface area contributed by atoms with Crippen molar-refractivity contribution in [3.8, 4) is 0 Å². The van der Waals surface area contributed by atoms with E-state index in [-0.39, 0.29) is 23.5 Å². The smallest absolute Gasteiger partial charge is 0.233 e. The van der Waals surface area contributed by atoms with E-state index in [0.717, 1.165) is 37.7 Å². The van der Waals surface area contributed by atoms with Crippen molar-refractivity contribution >= 4 is 11.8 Å². The summed E-state index contributed by atoms with van der Waals surface area (Å²) in [6.45, 7) is 3.97. The van der Waals surface area contributed by atoms with Gasteiger partial charge in [0.05, 0.1) is 5.41 Å². The Morgan fingerprint density at radius 2 is 1.92 bits per heavy atom. The van der Waals surface area contributed by atoms with E-state index < -0.39 is 5.41 Å². The van der Waals surface area contributed by atoms with Crippen LogP contribution in [0.15, 0.2) is 24.3 Å². The van der Waals surface area contributed by atoms with Crippen molar-refractivity contribution in [2.45, 2.75) is 57.3 Å². The fourth-order valence-corrected chi connectivity index (χ4v) is 4.43. The molecule has 4 nitrogen and oxygen atoms in total. The third-order valence-electron chi connectivity index (χ3n) is 5.95. The zero-order valence-corrected chi connectivity index (χ0v) is 15.6. The van der Waals surface area contributed by atoms with E-state index in [1.165, 1.54) is 12.1 Å². The first-order valence-electron chi connectivity index (χ1n) is 9.90. The van der Waals surface area contributed by atoms with E-state index in [1.807, 2.05) is 17.9 Å². The van der Waals surface area contributed by atoms with E-state index in [0.29, 0.717) is 32.5 Å². The number of benzene rings is 1. The largest absolute Gasteiger partial charge is 0.356 e.